The van der Waals surface area contributed by atoms with E-state index in [4.69, 9.17) is 16.3 Å². The minimum atomic E-state index is -1.54. The summed E-state index contributed by atoms with van der Waals surface area (Å²) in [6.45, 7) is 7.50. The van der Waals surface area contributed by atoms with Gasteiger partial charge in [-0.25, -0.2) is 22.9 Å². The first-order valence-corrected chi connectivity index (χ1v) is 9.12. The topological polar surface area (TPSA) is 63.2 Å². The molecule has 0 bridgehead atoms. The lowest BCUT2D eigenvalue weighted by Crippen LogP contribution is -2.26. The maximum Gasteiger partial charge on any atom is 0.340 e. The van der Waals surface area contributed by atoms with E-state index in [9.17, 15) is 18.0 Å². The largest absolute Gasteiger partial charge is 0.462 e. The number of anilines is 2. The molecule has 0 spiro atoms. The van der Waals surface area contributed by atoms with Gasteiger partial charge in [-0.15, -0.1) is 0 Å². The maximum atomic E-state index is 14.4. The summed E-state index contributed by atoms with van der Waals surface area (Å²) >= 11 is 5.50. The monoisotopic (exact) mass is 427 g/mol. The fraction of sp³-hybridized carbons (Fsp3) is 0.300. The Kier molecular flexibility index (Phi) is 7.13. The molecule has 0 fully saturated rings. The molecule has 0 atom stereocenters. The fourth-order valence-electron chi connectivity index (χ4n) is 2.39. The number of esters is 1. The standard InChI is InChI=1S/C20H21ClF3N3O2/c1-5-29-19(28)13(12-9-14(22)18(24)16(21)17(12)23)10-26-15-8-11(6-7-25-15)27-20(2,3)4/h6-10H,5H2,1-4H3,(H2,25,26,27)/b13-10-. The molecule has 29 heavy (non-hydrogen) atoms. The average Bonchev–Trinajstić information content (AvgIpc) is 2.63. The van der Waals surface area contributed by atoms with E-state index in [2.05, 4.69) is 15.6 Å². The molecule has 1 aromatic heterocycles. The maximum absolute atomic E-state index is 14.4. The quantitative estimate of drug-likeness (QED) is 0.280. The van der Waals surface area contributed by atoms with Crippen LogP contribution in [0.15, 0.2) is 30.6 Å². The predicted molar refractivity (Wildman–Crippen MR) is 107 cm³/mol. The summed E-state index contributed by atoms with van der Waals surface area (Å²) in [7, 11) is 0. The number of hydrogen-bond acceptors (Lipinski definition) is 5. The molecule has 2 N–H and O–H groups in total. The van der Waals surface area contributed by atoms with Gasteiger partial charge in [-0.2, -0.15) is 0 Å². The minimum absolute atomic E-state index is 0.00155. The molecule has 9 heteroatoms. The first kappa shape index (κ1) is 22.5. The van der Waals surface area contributed by atoms with Gasteiger partial charge < -0.3 is 15.4 Å². The van der Waals surface area contributed by atoms with Gasteiger partial charge in [-0.1, -0.05) is 11.6 Å². The van der Waals surface area contributed by atoms with Crippen molar-refractivity contribution in [3.05, 3.63) is 58.6 Å². The van der Waals surface area contributed by atoms with Crippen LogP contribution in [0.5, 0.6) is 0 Å². The fourth-order valence-corrected chi connectivity index (χ4v) is 2.58. The third-order valence-corrected chi connectivity index (χ3v) is 3.86. The summed E-state index contributed by atoms with van der Waals surface area (Å²) in [4.78, 5) is 16.4. The zero-order chi connectivity index (χ0) is 21.8. The number of hydrogen-bond donors (Lipinski definition) is 2. The third kappa shape index (κ3) is 5.87. The molecule has 1 aromatic carbocycles. The Morgan fingerprint density at radius 2 is 1.93 bits per heavy atom. The van der Waals surface area contributed by atoms with Gasteiger partial charge in [0.05, 0.1) is 12.2 Å². The van der Waals surface area contributed by atoms with Crippen molar-refractivity contribution < 1.29 is 22.7 Å². The SMILES string of the molecule is CCOC(=O)/C(=C\Nc1cc(NC(C)(C)C)ccn1)c1cc(F)c(F)c(Cl)c1F. The lowest BCUT2D eigenvalue weighted by Gasteiger charge is -2.22. The Hall–Kier alpha value is -2.74. The second-order valence-corrected chi connectivity index (χ2v) is 7.45. The van der Waals surface area contributed by atoms with E-state index >= 15 is 0 Å². The molecule has 0 amide bonds. The molecule has 0 aliphatic heterocycles. The lowest BCUT2D eigenvalue weighted by atomic mass is 10.1. The van der Waals surface area contributed by atoms with Crippen molar-refractivity contribution in [1.82, 2.24) is 4.98 Å². The van der Waals surface area contributed by atoms with Gasteiger partial charge in [-0.3, -0.25) is 0 Å². The number of rotatable bonds is 6. The molecule has 0 saturated carbocycles. The Morgan fingerprint density at radius 3 is 2.55 bits per heavy atom. The van der Waals surface area contributed by atoms with Crippen LogP contribution in [0.4, 0.5) is 24.7 Å². The van der Waals surface area contributed by atoms with E-state index in [0.717, 1.165) is 11.9 Å². The molecule has 2 rings (SSSR count). The van der Waals surface area contributed by atoms with Crippen LogP contribution in [0.2, 0.25) is 5.02 Å². The number of benzene rings is 1. The van der Waals surface area contributed by atoms with Gasteiger partial charge in [-0.05, 0) is 39.8 Å². The first-order valence-electron chi connectivity index (χ1n) is 8.75. The van der Waals surface area contributed by atoms with Crippen molar-refractivity contribution >= 4 is 34.6 Å². The highest BCUT2D eigenvalue weighted by atomic mass is 35.5. The van der Waals surface area contributed by atoms with Crippen LogP contribution in [0, 0.1) is 17.5 Å². The molecule has 0 aliphatic carbocycles. The highest BCUT2D eigenvalue weighted by Crippen LogP contribution is 2.30. The molecule has 0 unspecified atom stereocenters. The van der Waals surface area contributed by atoms with Crippen LogP contribution in [0.3, 0.4) is 0 Å². The molecule has 2 aromatic rings. The van der Waals surface area contributed by atoms with Gasteiger partial charge in [0.15, 0.2) is 17.5 Å². The molecular formula is C20H21ClF3N3O2. The summed E-state index contributed by atoms with van der Waals surface area (Å²) < 4.78 is 46.6. The molecule has 0 radical (unpaired) electrons. The van der Waals surface area contributed by atoms with Crippen LogP contribution in [-0.4, -0.2) is 23.1 Å². The highest BCUT2D eigenvalue weighted by Gasteiger charge is 2.24. The molecule has 0 aliphatic rings. The number of carbonyl (C=O) groups is 1. The van der Waals surface area contributed by atoms with Crippen molar-refractivity contribution in [2.45, 2.75) is 33.2 Å². The van der Waals surface area contributed by atoms with Gasteiger partial charge in [0.25, 0.3) is 0 Å². The van der Waals surface area contributed by atoms with Crippen LogP contribution in [0.1, 0.15) is 33.3 Å². The Balaban J connectivity index is 2.44. The van der Waals surface area contributed by atoms with Crippen molar-refractivity contribution in [2.75, 3.05) is 17.2 Å². The van der Waals surface area contributed by atoms with Crippen molar-refractivity contribution in [2.24, 2.45) is 0 Å². The van der Waals surface area contributed by atoms with E-state index in [1.54, 1.807) is 19.1 Å². The van der Waals surface area contributed by atoms with E-state index in [1.807, 2.05) is 20.8 Å². The molecule has 156 valence electrons. The Labute approximate surface area is 171 Å². The second-order valence-electron chi connectivity index (χ2n) is 7.08. The van der Waals surface area contributed by atoms with E-state index in [0.29, 0.717) is 11.9 Å². The summed E-state index contributed by atoms with van der Waals surface area (Å²) in [5.74, 6) is -4.81. The van der Waals surface area contributed by atoms with Gasteiger partial charge in [0.2, 0.25) is 0 Å². The number of ether oxygens (including phenoxy) is 1. The second kappa shape index (κ2) is 9.17. The number of halogens is 4. The summed E-state index contributed by atoms with van der Waals surface area (Å²) in [6.07, 6.45) is 2.64. The Morgan fingerprint density at radius 1 is 1.24 bits per heavy atom. The summed E-state index contributed by atoms with van der Waals surface area (Å²) in [5, 5.41) is 4.95. The Bertz CT molecular complexity index is 943. The zero-order valence-corrected chi connectivity index (χ0v) is 17.1. The van der Waals surface area contributed by atoms with Gasteiger partial charge in [0, 0.05) is 35.3 Å². The number of nitrogens with one attached hydrogen (secondary N) is 2. The smallest absolute Gasteiger partial charge is 0.340 e. The van der Waals surface area contributed by atoms with Crippen LogP contribution in [0.25, 0.3) is 5.57 Å². The lowest BCUT2D eigenvalue weighted by molar-refractivity contribution is -0.136. The first-order chi connectivity index (χ1) is 13.5. The molecular weight excluding hydrogens is 407 g/mol. The van der Waals surface area contributed by atoms with Gasteiger partial charge >= 0.3 is 5.97 Å². The summed E-state index contributed by atoms with van der Waals surface area (Å²) in [5.41, 5.74) is -0.358. The highest BCUT2D eigenvalue weighted by molar-refractivity contribution is 6.31. The number of nitrogens with zero attached hydrogens (tertiary/aromatic N) is 1. The molecule has 1 heterocycles. The molecule has 5 nitrogen and oxygen atoms in total. The number of pyridine rings is 1. The summed E-state index contributed by atoms with van der Waals surface area (Å²) in [6, 6.07) is 3.96. The predicted octanol–water partition coefficient (Wildman–Crippen LogP) is 5.38. The van der Waals surface area contributed by atoms with E-state index in [-0.39, 0.29) is 17.7 Å². The average molecular weight is 428 g/mol. The minimum Gasteiger partial charge on any atom is -0.462 e. The van der Waals surface area contributed by atoms with E-state index in [1.165, 1.54) is 6.20 Å². The van der Waals surface area contributed by atoms with E-state index < -0.39 is 34.0 Å². The number of aromatic nitrogens is 1. The number of carbonyl (C=O) groups excluding carboxylic acids is 1. The van der Waals surface area contributed by atoms with Crippen LogP contribution < -0.4 is 10.6 Å². The third-order valence-electron chi connectivity index (χ3n) is 3.53. The molecule has 0 saturated heterocycles. The van der Waals surface area contributed by atoms with Crippen molar-refractivity contribution in [3.63, 3.8) is 0 Å². The van der Waals surface area contributed by atoms with Crippen molar-refractivity contribution in [1.29, 1.82) is 0 Å². The van der Waals surface area contributed by atoms with Gasteiger partial charge in [0.1, 0.15) is 10.8 Å². The van der Waals surface area contributed by atoms with Crippen LogP contribution >= 0.6 is 11.6 Å². The zero-order valence-electron chi connectivity index (χ0n) is 16.4. The van der Waals surface area contributed by atoms with Crippen LogP contribution in [-0.2, 0) is 9.53 Å². The normalized spacial score (nSPS) is 11.9. The van der Waals surface area contributed by atoms with Crippen molar-refractivity contribution in [3.8, 4) is 0 Å².